The zero-order chi connectivity index (χ0) is 20.5. The van der Waals surface area contributed by atoms with Crippen LogP contribution in [0.2, 0.25) is 0 Å². The summed E-state index contributed by atoms with van der Waals surface area (Å²) in [5, 5.41) is 4.45. The molecule has 29 heavy (non-hydrogen) atoms. The number of hydrogen-bond acceptors (Lipinski definition) is 6. The maximum atomic E-state index is 12.7. The van der Waals surface area contributed by atoms with Gasteiger partial charge in [0.1, 0.15) is 22.9 Å². The molecule has 0 atom stereocenters. The van der Waals surface area contributed by atoms with Crippen molar-refractivity contribution in [3.63, 3.8) is 0 Å². The Morgan fingerprint density at radius 3 is 2.52 bits per heavy atom. The summed E-state index contributed by atoms with van der Waals surface area (Å²) in [5.41, 5.74) is 3.32. The molecule has 4 rings (SSSR count). The lowest BCUT2D eigenvalue weighted by Crippen LogP contribution is -2.13. The Morgan fingerprint density at radius 1 is 0.966 bits per heavy atom. The van der Waals surface area contributed by atoms with Crippen molar-refractivity contribution in [2.45, 2.75) is 0 Å². The molecule has 0 N–H and O–H groups in total. The van der Waals surface area contributed by atoms with E-state index in [1.165, 1.54) is 4.68 Å². The minimum absolute atomic E-state index is 0.311. The fourth-order valence-corrected chi connectivity index (χ4v) is 3.14. The molecule has 0 amide bonds. The third-order valence-corrected chi connectivity index (χ3v) is 4.68. The molecule has 0 aliphatic heterocycles. The number of aromatic nitrogens is 4. The molecule has 2 aromatic carbocycles. The summed E-state index contributed by atoms with van der Waals surface area (Å²) >= 11 is 0. The number of rotatable bonds is 5. The molecule has 0 aliphatic carbocycles. The second-order valence-corrected chi connectivity index (χ2v) is 6.50. The van der Waals surface area contributed by atoms with E-state index in [2.05, 4.69) is 10.1 Å². The highest BCUT2D eigenvalue weighted by molar-refractivity contribution is 5.91. The van der Waals surface area contributed by atoms with Crippen molar-refractivity contribution in [3.8, 4) is 28.5 Å². The van der Waals surface area contributed by atoms with Crippen LogP contribution in [0.1, 0.15) is 10.5 Å². The third-order valence-electron chi connectivity index (χ3n) is 4.68. The van der Waals surface area contributed by atoms with E-state index in [1.807, 2.05) is 23.7 Å². The molecule has 0 aliphatic rings. The zero-order valence-electron chi connectivity index (χ0n) is 16.5. The first kappa shape index (κ1) is 18.5. The van der Waals surface area contributed by atoms with E-state index in [0.717, 1.165) is 16.6 Å². The van der Waals surface area contributed by atoms with Gasteiger partial charge in [-0.25, -0.2) is 9.78 Å². The number of carbonyl (C=O) groups excluding carboxylic acids is 1. The molecule has 0 spiro atoms. The van der Waals surface area contributed by atoms with Crippen molar-refractivity contribution < 1.29 is 19.0 Å². The van der Waals surface area contributed by atoms with Crippen molar-refractivity contribution in [1.29, 1.82) is 0 Å². The number of nitrogens with zero attached hydrogens (tertiary/aromatic N) is 4. The Morgan fingerprint density at radius 2 is 1.76 bits per heavy atom. The van der Waals surface area contributed by atoms with Gasteiger partial charge < -0.3 is 18.8 Å². The van der Waals surface area contributed by atoms with Gasteiger partial charge in [-0.3, -0.25) is 4.68 Å². The smallest absolute Gasteiger partial charge is 0.362 e. The van der Waals surface area contributed by atoms with E-state index in [1.54, 1.807) is 57.9 Å². The predicted molar refractivity (Wildman–Crippen MR) is 107 cm³/mol. The minimum atomic E-state index is -0.511. The lowest BCUT2D eigenvalue weighted by molar-refractivity contribution is 0.0723. The Hall–Kier alpha value is -3.81. The summed E-state index contributed by atoms with van der Waals surface area (Å²) in [5.74, 6) is 1.20. The number of carbonyl (C=O) groups is 1. The van der Waals surface area contributed by atoms with Crippen LogP contribution in [-0.2, 0) is 14.1 Å². The minimum Gasteiger partial charge on any atom is -0.497 e. The van der Waals surface area contributed by atoms with Crippen LogP contribution in [0.4, 0.5) is 0 Å². The number of methoxy groups -OCH3 is 2. The monoisotopic (exact) mass is 392 g/mol. The van der Waals surface area contributed by atoms with Crippen LogP contribution in [-0.4, -0.2) is 39.5 Å². The first-order valence-electron chi connectivity index (χ1n) is 8.90. The summed E-state index contributed by atoms with van der Waals surface area (Å²) in [6.45, 7) is 0. The second-order valence-electron chi connectivity index (χ2n) is 6.50. The number of ether oxygens (including phenoxy) is 3. The molecule has 2 heterocycles. The van der Waals surface area contributed by atoms with Gasteiger partial charge in [-0.2, -0.15) is 5.10 Å². The van der Waals surface area contributed by atoms with Crippen molar-refractivity contribution in [1.82, 2.24) is 19.3 Å². The molecule has 148 valence electrons. The molecule has 0 bridgehead atoms. The van der Waals surface area contributed by atoms with Gasteiger partial charge in [-0.05, 0) is 36.4 Å². The summed E-state index contributed by atoms with van der Waals surface area (Å²) in [7, 11) is 6.77. The van der Waals surface area contributed by atoms with E-state index < -0.39 is 5.97 Å². The van der Waals surface area contributed by atoms with Crippen LogP contribution in [0.25, 0.3) is 22.3 Å². The fraction of sp³-hybridized carbons (Fsp3) is 0.190. The Labute approximate surface area is 167 Å². The summed E-state index contributed by atoms with van der Waals surface area (Å²) in [4.78, 5) is 17.0. The average Bonchev–Trinajstić information content (AvgIpc) is 3.30. The highest BCUT2D eigenvalue weighted by atomic mass is 16.5. The lowest BCUT2D eigenvalue weighted by Gasteiger charge is -2.08. The predicted octanol–water partition coefficient (Wildman–Crippen LogP) is 3.21. The third kappa shape index (κ3) is 3.40. The zero-order valence-corrected chi connectivity index (χ0v) is 16.5. The number of benzene rings is 2. The van der Waals surface area contributed by atoms with E-state index in [0.29, 0.717) is 28.6 Å². The van der Waals surface area contributed by atoms with Gasteiger partial charge in [-0.15, -0.1) is 0 Å². The molecule has 4 aromatic rings. The molecule has 0 saturated carbocycles. The van der Waals surface area contributed by atoms with Crippen molar-refractivity contribution >= 4 is 17.0 Å². The van der Waals surface area contributed by atoms with Crippen LogP contribution in [0.3, 0.4) is 0 Å². The first-order valence-corrected chi connectivity index (χ1v) is 8.90. The Kier molecular flexibility index (Phi) is 4.67. The van der Waals surface area contributed by atoms with Crippen LogP contribution in [0.15, 0.2) is 48.8 Å². The number of fused-ring (bicyclic) bond motifs is 1. The molecular weight excluding hydrogens is 372 g/mol. The van der Waals surface area contributed by atoms with E-state index in [4.69, 9.17) is 14.2 Å². The largest absolute Gasteiger partial charge is 0.497 e. The quantitative estimate of drug-likeness (QED) is 0.383. The van der Waals surface area contributed by atoms with E-state index >= 15 is 0 Å². The molecule has 8 nitrogen and oxygen atoms in total. The number of esters is 1. The number of hydrogen-bond donors (Lipinski definition) is 0. The van der Waals surface area contributed by atoms with Gasteiger partial charge in [-0.1, -0.05) is 0 Å². The highest BCUT2D eigenvalue weighted by Gasteiger charge is 2.19. The number of aryl methyl sites for hydroxylation is 2. The van der Waals surface area contributed by atoms with Crippen LogP contribution < -0.4 is 14.2 Å². The van der Waals surface area contributed by atoms with Gasteiger partial charge >= 0.3 is 5.97 Å². The normalized spacial score (nSPS) is 10.9. The maximum absolute atomic E-state index is 12.7. The van der Waals surface area contributed by atoms with Crippen LogP contribution in [0, 0.1) is 0 Å². The summed E-state index contributed by atoms with van der Waals surface area (Å²) in [6.07, 6.45) is 1.71. The van der Waals surface area contributed by atoms with Crippen LogP contribution >= 0.6 is 0 Å². The molecule has 2 aromatic heterocycles. The molecular formula is C21H20N4O4. The SMILES string of the molecule is COc1ccc(OC)c(-c2cc(C(=O)Oc3ccc4c(c3)ncn4C)n(C)n2)c1. The maximum Gasteiger partial charge on any atom is 0.362 e. The molecule has 0 unspecified atom stereocenters. The number of imidazole rings is 1. The van der Waals surface area contributed by atoms with Gasteiger partial charge in [0.25, 0.3) is 0 Å². The van der Waals surface area contributed by atoms with Crippen molar-refractivity contribution in [2.75, 3.05) is 14.2 Å². The summed E-state index contributed by atoms with van der Waals surface area (Å²) < 4.78 is 19.6. The molecule has 8 heteroatoms. The molecule has 0 radical (unpaired) electrons. The van der Waals surface area contributed by atoms with E-state index in [9.17, 15) is 4.79 Å². The summed E-state index contributed by atoms with van der Waals surface area (Å²) in [6, 6.07) is 12.4. The van der Waals surface area contributed by atoms with Crippen molar-refractivity contribution in [3.05, 3.63) is 54.5 Å². The topological polar surface area (TPSA) is 80.4 Å². The lowest BCUT2D eigenvalue weighted by atomic mass is 10.1. The van der Waals surface area contributed by atoms with Gasteiger partial charge in [0, 0.05) is 25.7 Å². The van der Waals surface area contributed by atoms with Gasteiger partial charge in [0.2, 0.25) is 0 Å². The second kappa shape index (κ2) is 7.31. The van der Waals surface area contributed by atoms with E-state index in [-0.39, 0.29) is 0 Å². The fourth-order valence-electron chi connectivity index (χ4n) is 3.14. The Balaban J connectivity index is 1.64. The van der Waals surface area contributed by atoms with Crippen LogP contribution in [0.5, 0.6) is 17.2 Å². The average molecular weight is 392 g/mol. The molecule has 0 fully saturated rings. The molecule has 0 saturated heterocycles. The van der Waals surface area contributed by atoms with Crippen molar-refractivity contribution in [2.24, 2.45) is 14.1 Å². The Bertz CT molecular complexity index is 1210. The van der Waals surface area contributed by atoms with Gasteiger partial charge in [0.15, 0.2) is 0 Å². The standard InChI is InChI=1S/C21H20N4O4/c1-24-12-22-17-10-14(5-7-18(17)24)29-21(26)19-11-16(23-25(19)2)15-9-13(27-3)6-8-20(15)28-4/h5-12H,1-4H3. The highest BCUT2D eigenvalue weighted by Crippen LogP contribution is 2.33. The van der Waals surface area contributed by atoms with Gasteiger partial charge in [0.05, 0.1) is 37.3 Å². The first-order chi connectivity index (χ1) is 14.0.